The van der Waals surface area contributed by atoms with Gasteiger partial charge in [-0.2, -0.15) is 9.97 Å². The van der Waals surface area contributed by atoms with Gasteiger partial charge in [-0.05, 0) is 100 Å². The van der Waals surface area contributed by atoms with Crippen LogP contribution in [0, 0.1) is 5.82 Å². The fourth-order valence-electron chi connectivity index (χ4n) is 7.54. The van der Waals surface area contributed by atoms with Gasteiger partial charge in [-0.3, -0.25) is 4.90 Å². The maximum Gasteiger partial charge on any atom is 0.410 e. The molecule has 0 aliphatic carbocycles. The van der Waals surface area contributed by atoms with Crippen LogP contribution < -0.4 is 9.64 Å². The molecule has 3 aliphatic heterocycles. The van der Waals surface area contributed by atoms with E-state index in [1.807, 2.05) is 49.9 Å². The van der Waals surface area contributed by atoms with Gasteiger partial charge in [0.15, 0.2) is 5.82 Å². The predicted molar refractivity (Wildman–Crippen MR) is 187 cm³/mol. The fourth-order valence-corrected chi connectivity index (χ4v) is 7.83. The summed E-state index contributed by atoms with van der Waals surface area (Å²) in [4.78, 5) is 29.1. The number of aromatic nitrogens is 2. The van der Waals surface area contributed by atoms with Crippen molar-refractivity contribution in [2.45, 2.75) is 77.0 Å². The number of phenolic OH excluding ortho intramolecular Hbond substituents is 1. The van der Waals surface area contributed by atoms with Gasteiger partial charge < -0.3 is 24.4 Å². The van der Waals surface area contributed by atoms with E-state index in [0.717, 1.165) is 49.7 Å². The van der Waals surface area contributed by atoms with Crippen molar-refractivity contribution in [3.8, 4) is 22.9 Å². The van der Waals surface area contributed by atoms with Gasteiger partial charge >= 0.3 is 12.1 Å². The van der Waals surface area contributed by atoms with Crippen LogP contribution in [0.4, 0.5) is 15.0 Å². The molecule has 4 aromatic rings. The Morgan fingerprint density at radius 1 is 1.02 bits per heavy atom. The molecular formula is C37H43ClFN5O4. The lowest BCUT2D eigenvalue weighted by Crippen LogP contribution is -2.57. The third kappa shape index (κ3) is 6.57. The first kappa shape index (κ1) is 32.6. The molecule has 2 bridgehead atoms. The Balaban J connectivity index is 1.26. The van der Waals surface area contributed by atoms with Crippen LogP contribution in [0.25, 0.3) is 32.8 Å². The second-order valence-corrected chi connectivity index (χ2v) is 14.7. The molecular weight excluding hydrogens is 633 g/mol. The van der Waals surface area contributed by atoms with Gasteiger partial charge in [0.2, 0.25) is 0 Å². The van der Waals surface area contributed by atoms with Gasteiger partial charge in [-0.25, -0.2) is 9.18 Å². The van der Waals surface area contributed by atoms with Gasteiger partial charge in [0, 0.05) is 30.6 Å². The van der Waals surface area contributed by atoms with Gasteiger partial charge in [0.05, 0.1) is 23.7 Å². The summed E-state index contributed by atoms with van der Waals surface area (Å²) >= 11 is 6.92. The van der Waals surface area contributed by atoms with Crippen molar-refractivity contribution in [1.29, 1.82) is 0 Å². The number of amides is 1. The van der Waals surface area contributed by atoms with Crippen LogP contribution in [-0.2, 0) is 4.74 Å². The molecule has 48 heavy (non-hydrogen) atoms. The van der Waals surface area contributed by atoms with Crippen LogP contribution in [0.3, 0.4) is 0 Å². The first-order valence-electron chi connectivity index (χ1n) is 17.1. The number of ether oxygens (including phenoxy) is 2. The summed E-state index contributed by atoms with van der Waals surface area (Å²) in [6, 6.07) is 12.3. The summed E-state index contributed by atoms with van der Waals surface area (Å²) in [7, 11) is 0. The Morgan fingerprint density at radius 3 is 2.48 bits per heavy atom. The van der Waals surface area contributed by atoms with E-state index in [4.69, 9.17) is 26.1 Å². The fraction of sp³-hybridized carbons (Fsp3) is 0.486. The molecule has 3 saturated heterocycles. The highest BCUT2D eigenvalue weighted by atomic mass is 35.5. The van der Waals surface area contributed by atoms with E-state index in [9.17, 15) is 9.90 Å². The first-order valence-corrected chi connectivity index (χ1v) is 17.5. The van der Waals surface area contributed by atoms with Gasteiger partial charge in [-0.1, -0.05) is 42.3 Å². The quantitative estimate of drug-likeness (QED) is 0.199. The summed E-state index contributed by atoms with van der Waals surface area (Å²) in [5, 5.41) is 12.7. The molecule has 2 atom stereocenters. The summed E-state index contributed by atoms with van der Waals surface area (Å²) < 4.78 is 28.8. The van der Waals surface area contributed by atoms with Crippen LogP contribution in [0.5, 0.6) is 11.8 Å². The molecule has 0 unspecified atom stereocenters. The van der Waals surface area contributed by atoms with Crippen molar-refractivity contribution in [3.05, 3.63) is 53.3 Å². The molecule has 7 rings (SSSR count). The molecule has 9 nitrogen and oxygen atoms in total. The predicted octanol–water partition coefficient (Wildman–Crippen LogP) is 7.79. The van der Waals surface area contributed by atoms with E-state index in [0.29, 0.717) is 36.5 Å². The maximum atomic E-state index is 16.9. The summed E-state index contributed by atoms with van der Waals surface area (Å²) in [6.45, 7) is 10.2. The van der Waals surface area contributed by atoms with E-state index in [1.54, 1.807) is 12.1 Å². The van der Waals surface area contributed by atoms with Crippen LogP contribution in [0.15, 0.2) is 42.5 Å². The monoisotopic (exact) mass is 675 g/mol. The van der Waals surface area contributed by atoms with Gasteiger partial charge in [0.1, 0.15) is 22.7 Å². The van der Waals surface area contributed by atoms with E-state index in [1.165, 1.54) is 25.3 Å². The van der Waals surface area contributed by atoms with E-state index < -0.39 is 11.4 Å². The summed E-state index contributed by atoms with van der Waals surface area (Å²) in [5.41, 5.74) is 0.138. The number of halogens is 2. The first-order chi connectivity index (χ1) is 23.1. The number of hydrogen-bond donors (Lipinski definition) is 1. The largest absolute Gasteiger partial charge is 0.508 e. The molecule has 1 aromatic heterocycles. The van der Waals surface area contributed by atoms with Crippen LogP contribution in [0.1, 0.15) is 59.3 Å². The average molecular weight is 676 g/mol. The van der Waals surface area contributed by atoms with Crippen molar-refractivity contribution in [1.82, 2.24) is 19.8 Å². The van der Waals surface area contributed by atoms with Crippen LogP contribution in [0.2, 0.25) is 5.02 Å². The number of benzene rings is 3. The van der Waals surface area contributed by atoms with E-state index >= 15 is 4.39 Å². The average Bonchev–Trinajstić information content (AvgIpc) is 3.32. The van der Waals surface area contributed by atoms with Crippen LogP contribution >= 0.6 is 11.6 Å². The number of anilines is 1. The highest BCUT2D eigenvalue weighted by molar-refractivity contribution is 6.35. The van der Waals surface area contributed by atoms with Gasteiger partial charge in [-0.15, -0.1) is 0 Å². The number of aromatic hydroxyl groups is 1. The van der Waals surface area contributed by atoms with Crippen molar-refractivity contribution in [3.63, 3.8) is 0 Å². The molecule has 3 aromatic carbocycles. The Morgan fingerprint density at radius 2 is 1.75 bits per heavy atom. The highest BCUT2D eigenvalue weighted by Gasteiger charge is 2.45. The molecule has 1 amide bonds. The Kier molecular flexibility index (Phi) is 8.98. The summed E-state index contributed by atoms with van der Waals surface area (Å²) in [5.74, 6) is -0.0657. The number of phenols is 1. The molecule has 3 aliphatic rings. The minimum Gasteiger partial charge on any atom is -0.508 e. The molecule has 4 heterocycles. The zero-order chi connectivity index (χ0) is 33.6. The topological polar surface area (TPSA) is 91.3 Å². The number of piperidine rings is 1. The number of carbonyl (C=O) groups excluding carboxylic acids is 1. The molecule has 0 radical (unpaired) electrons. The molecule has 254 valence electrons. The van der Waals surface area contributed by atoms with Crippen molar-refractivity contribution in [2.75, 3.05) is 44.2 Å². The molecule has 11 heteroatoms. The molecule has 1 N–H and O–H groups in total. The summed E-state index contributed by atoms with van der Waals surface area (Å²) in [6.07, 6.45) is 5.90. The number of likely N-dealkylation sites (tertiary alicyclic amines) is 1. The minimum atomic E-state index is -0.606. The standard InChI is InChI=1S/C37H43ClFN5O4/c1-37(2,3)48-36(46)44-24-12-13-25(44)22-43(21-24)34-29-20-30(38)31(28-19-26(45)18-23-10-5-6-11-27(23)28)32(39)33(29)40-35(41-34)47-17-9-16-42-14-7-4-8-15-42/h5-6,10-11,18-20,24-25,45H,4,7-9,12-17,21-22H2,1-3H3/t24-,25+. The lowest BCUT2D eigenvalue weighted by atomic mass is 9.96. The second kappa shape index (κ2) is 13.2. The van der Waals surface area contributed by atoms with Crippen molar-refractivity contribution in [2.24, 2.45) is 0 Å². The Bertz CT molecular complexity index is 1830. The number of carbonyl (C=O) groups is 1. The number of fused-ring (bicyclic) bond motifs is 4. The lowest BCUT2D eigenvalue weighted by Gasteiger charge is -2.42. The second-order valence-electron chi connectivity index (χ2n) is 14.3. The zero-order valence-corrected chi connectivity index (χ0v) is 28.6. The normalized spacial score (nSPS) is 20.1. The zero-order valence-electron chi connectivity index (χ0n) is 27.8. The van der Waals surface area contributed by atoms with E-state index in [2.05, 4.69) is 14.8 Å². The highest BCUT2D eigenvalue weighted by Crippen LogP contribution is 2.43. The van der Waals surface area contributed by atoms with Crippen molar-refractivity contribution >= 4 is 45.2 Å². The smallest absolute Gasteiger partial charge is 0.410 e. The number of nitrogens with zero attached hydrogens (tertiary/aromatic N) is 5. The SMILES string of the molecule is CC(C)(C)OC(=O)N1[C@@H]2CC[C@H]1CN(c1nc(OCCCN3CCCCC3)nc3c(F)c(-c4cc(O)cc5ccccc45)c(Cl)cc13)C2. The minimum absolute atomic E-state index is 0.0127. The van der Waals surface area contributed by atoms with Crippen LogP contribution in [-0.4, -0.2) is 88.0 Å². The Labute approximate surface area is 285 Å². The van der Waals surface area contributed by atoms with E-state index in [-0.39, 0.29) is 46.0 Å². The number of piperazine rings is 1. The molecule has 0 spiro atoms. The third-order valence-electron chi connectivity index (χ3n) is 9.64. The third-order valence-corrected chi connectivity index (χ3v) is 9.94. The molecule has 0 saturated carbocycles. The lowest BCUT2D eigenvalue weighted by molar-refractivity contribution is 0.0122. The Hall–Kier alpha value is -3.89. The maximum absolute atomic E-state index is 16.9. The number of rotatable bonds is 7. The molecule has 3 fully saturated rings. The number of hydrogen-bond acceptors (Lipinski definition) is 8. The van der Waals surface area contributed by atoms with Crippen molar-refractivity contribution < 1.29 is 23.8 Å². The van der Waals surface area contributed by atoms with Gasteiger partial charge in [0.25, 0.3) is 0 Å².